The molecule has 0 radical (unpaired) electrons. The fraction of sp³-hybridized carbons (Fsp3) is 0.778. The van der Waals surface area contributed by atoms with Crippen molar-refractivity contribution in [2.45, 2.75) is 32.8 Å². The van der Waals surface area contributed by atoms with E-state index in [-0.39, 0.29) is 12.4 Å². The Hall–Kier alpha value is -1.30. The van der Waals surface area contributed by atoms with Gasteiger partial charge in [-0.05, 0) is 20.8 Å². The van der Waals surface area contributed by atoms with E-state index in [9.17, 15) is 9.59 Å². The van der Waals surface area contributed by atoms with Crippen LogP contribution in [0.15, 0.2) is 0 Å². The Morgan fingerprint density at radius 3 is 2.33 bits per heavy atom. The third-order valence-corrected chi connectivity index (χ3v) is 1.27. The molecule has 0 fully saturated rings. The minimum Gasteiger partial charge on any atom is -0.469 e. The van der Waals surface area contributed by atoms with Gasteiger partial charge in [0.1, 0.15) is 5.60 Å². The largest absolute Gasteiger partial charge is 0.469 e. The number of nitrogens with one attached hydrogen (secondary N) is 2. The number of esters is 1. The second-order valence-electron chi connectivity index (χ2n) is 3.88. The van der Waals surface area contributed by atoms with Crippen molar-refractivity contribution in [3.8, 4) is 0 Å². The van der Waals surface area contributed by atoms with Gasteiger partial charge in [0.2, 0.25) is 0 Å². The Labute approximate surface area is 89.3 Å². The third kappa shape index (κ3) is 9.01. The van der Waals surface area contributed by atoms with Gasteiger partial charge in [-0.1, -0.05) is 0 Å². The lowest BCUT2D eigenvalue weighted by Gasteiger charge is -2.19. The number of amides is 1. The first kappa shape index (κ1) is 13.7. The molecule has 1 amide bonds. The van der Waals surface area contributed by atoms with Gasteiger partial charge in [-0.3, -0.25) is 10.2 Å². The smallest absolute Gasteiger partial charge is 0.422 e. The van der Waals surface area contributed by atoms with Crippen LogP contribution in [-0.2, 0) is 14.3 Å². The van der Waals surface area contributed by atoms with Gasteiger partial charge in [-0.2, -0.15) is 0 Å². The summed E-state index contributed by atoms with van der Waals surface area (Å²) in [6, 6.07) is 0. The van der Waals surface area contributed by atoms with E-state index in [0.29, 0.717) is 6.54 Å². The maximum Gasteiger partial charge on any atom is 0.422 e. The number of rotatable bonds is 4. The Bertz CT molecular complexity index is 223. The Kier molecular flexibility index (Phi) is 5.69. The van der Waals surface area contributed by atoms with Crippen LogP contribution in [0, 0.1) is 0 Å². The highest BCUT2D eigenvalue weighted by Crippen LogP contribution is 2.05. The normalized spacial score (nSPS) is 10.7. The minimum absolute atomic E-state index is 0.187. The molecule has 0 aromatic rings. The van der Waals surface area contributed by atoms with Gasteiger partial charge in [0.25, 0.3) is 0 Å². The number of carbonyl (C=O) groups is 2. The molecule has 0 aliphatic rings. The SMILES string of the molecule is COC(=O)CCNNC(=O)OC(C)(C)C. The van der Waals surface area contributed by atoms with Gasteiger partial charge in [0, 0.05) is 6.54 Å². The number of ether oxygens (including phenoxy) is 2. The summed E-state index contributed by atoms with van der Waals surface area (Å²) in [5, 5.41) is 0. The van der Waals surface area contributed by atoms with Crippen molar-refractivity contribution in [2.24, 2.45) is 0 Å². The molecule has 6 nitrogen and oxygen atoms in total. The Morgan fingerprint density at radius 2 is 1.87 bits per heavy atom. The van der Waals surface area contributed by atoms with E-state index in [0.717, 1.165) is 0 Å². The third-order valence-electron chi connectivity index (χ3n) is 1.27. The highest BCUT2D eigenvalue weighted by atomic mass is 16.6. The number of hydrogen-bond donors (Lipinski definition) is 2. The highest BCUT2D eigenvalue weighted by Gasteiger charge is 2.15. The first-order chi connectivity index (χ1) is 6.85. The maximum absolute atomic E-state index is 11.1. The van der Waals surface area contributed by atoms with Crippen molar-refractivity contribution >= 4 is 12.1 Å². The van der Waals surface area contributed by atoms with Gasteiger partial charge in [0.15, 0.2) is 0 Å². The van der Waals surface area contributed by atoms with Crippen LogP contribution < -0.4 is 10.9 Å². The molecule has 0 aromatic carbocycles. The van der Waals surface area contributed by atoms with Crippen molar-refractivity contribution in [1.82, 2.24) is 10.9 Å². The molecule has 0 unspecified atom stereocenters. The molecule has 0 aliphatic heterocycles. The van der Waals surface area contributed by atoms with Crippen molar-refractivity contribution in [3.05, 3.63) is 0 Å². The average molecular weight is 218 g/mol. The maximum atomic E-state index is 11.1. The van der Waals surface area contributed by atoms with E-state index < -0.39 is 11.7 Å². The van der Waals surface area contributed by atoms with Crippen LogP contribution in [0.25, 0.3) is 0 Å². The molecule has 0 atom stereocenters. The predicted octanol–water partition coefficient (Wildman–Crippen LogP) is 0.579. The Balaban J connectivity index is 3.52. The molecular formula is C9H18N2O4. The lowest BCUT2D eigenvalue weighted by Crippen LogP contribution is -2.42. The van der Waals surface area contributed by atoms with Crippen molar-refractivity contribution in [3.63, 3.8) is 0 Å². The van der Waals surface area contributed by atoms with Gasteiger partial charge in [-0.15, -0.1) is 0 Å². The number of hydrogen-bond acceptors (Lipinski definition) is 5. The quantitative estimate of drug-likeness (QED) is 0.410. The fourth-order valence-electron chi connectivity index (χ4n) is 0.705. The zero-order valence-electron chi connectivity index (χ0n) is 9.55. The Morgan fingerprint density at radius 1 is 1.27 bits per heavy atom. The van der Waals surface area contributed by atoms with E-state index in [4.69, 9.17) is 4.74 Å². The summed E-state index contributed by atoms with van der Waals surface area (Å²) in [4.78, 5) is 21.7. The average Bonchev–Trinajstić information content (AvgIpc) is 2.09. The van der Waals surface area contributed by atoms with Gasteiger partial charge < -0.3 is 9.47 Å². The van der Waals surface area contributed by atoms with Crippen molar-refractivity contribution < 1.29 is 19.1 Å². The molecule has 0 saturated carbocycles. The summed E-state index contributed by atoms with van der Waals surface area (Å²) in [6.45, 7) is 5.59. The number of hydrazine groups is 1. The van der Waals surface area contributed by atoms with E-state index in [1.807, 2.05) is 0 Å². The minimum atomic E-state index is -0.577. The number of carbonyl (C=O) groups excluding carboxylic acids is 2. The van der Waals surface area contributed by atoms with Crippen LogP contribution in [-0.4, -0.2) is 31.3 Å². The van der Waals surface area contributed by atoms with Crippen LogP contribution in [0.2, 0.25) is 0 Å². The van der Waals surface area contributed by atoms with Gasteiger partial charge in [0.05, 0.1) is 13.5 Å². The molecule has 15 heavy (non-hydrogen) atoms. The molecule has 0 bridgehead atoms. The van der Waals surface area contributed by atoms with Crippen molar-refractivity contribution in [2.75, 3.05) is 13.7 Å². The van der Waals surface area contributed by atoms with Crippen LogP contribution in [0.3, 0.4) is 0 Å². The monoisotopic (exact) mass is 218 g/mol. The molecule has 2 N–H and O–H groups in total. The summed E-state index contributed by atoms with van der Waals surface area (Å²) < 4.78 is 9.36. The van der Waals surface area contributed by atoms with Crippen LogP contribution in [0.5, 0.6) is 0 Å². The van der Waals surface area contributed by atoms with Gasteiger partial charge >= 0.3 is 12.1 Å². The topological polar surface area (TPSA) is 76.7 Å². The van der Waals surface area contributed by atoms with E-state index in [2.05, 4.69) is 15.6 Å². The van der Waals surface area contributed by atoms with E-state index >= 15 is 0 Å². The predicted molar refractivity (Wildman–Crippen MR) is 54.0 cm³/mol. The van der Waals surface area contributed by atoms with E-state index in [1.54, 1.807) is 20.8 Å². The second-order valence-corrected chi connectivity index (χ2v) is 3.88. The van der Waals surface area contributed by atoms with Crippen LogP contribution >= 0.6 is 0 Å². The lowest BCUT2D eigenvalue weighted by molar-refractivity contribution is -0.140. The molecule has 0 rings (SSSR count). The molecule has 88 valence electrons. The lowest BCUT2D eigenvalue weighted by atomic mass is 10.2. The zero-order chi connectivity index (χ0) is 11.9. The van der Waals surface area contributed by atoms with E-state index in [1.165, 1.54) is 7.11 Å². The summed E-state index contributed by atoms with van der Waals surface area (Å²) in [5.74, 6) is -0.339. The zero-order valence-corrected chi connectivity index (χ0v) is 9.55. The number of methoxy groups -OCH3 is 1. The first-order valence-electron chi connectivity index (χ1n) is 4.64. The van der Waals surface area contributed by atoms with Crippen LogP contribution in [0.4, 0.5) is 4.79 Å². The van der Waals surface area contributed by atoms with Crippen LogP contribution in [0.1, 0.15) is 27.2 Å². The standard InChI is InChI=1S/C9H18N2O4/c1-9(2,3)15-8(13)11-10-6-5-7(12)14-4/h10H,5-6H2,1-4H3,(H,11,13). The summed E-state index contributed by atoms with van der Waals surface area (Å²) in [6.07, 6.45) is -0.390. The van der Waals surface area contributed by atoms with Gasteiger partial charge in [-0.25, -0.2) is 10.2 Å². The molecular weight excluding hydrogens is 200 g/mol. The molecule has 0 aliphatic carbocycles. The molecule has 0 saturated heterocycles. The summed E-state index contributed by atoms with van der Waals surface area (Å²) >= 11 is 0. The molecule has 6 heteroatoms. The second kappa shape index (κ2) is 6.23. The summed E-state index contributed by atoms with van der Waals surface area (Å²) in [7, 11) is 1.31. The highest BCUT2D eigenvalue weighted by molar-refractivity contribution is 5.69. The molecule has 0 spiro atoms. The first-order valence-corrected chi connectivity index (χ1v) is 4.64. The fourth-order valence-corrected chi connectivity index (χ4v) is 0.705. The summed E-state index contributed by atoms with van der Waals surface area (Å²) in [5.41, 5.74) is 4.31. The molecule has 0 heterocycles. The van der Waals surface area contributed by atoms with Crippen molar-refractivity contribution in [1.29, 1.82) is 0 Å². The molecule has 0 aromatic heterocycles.